The molecule has 0 unspecified atom stereocenters. The zero-order valence-electron chi connectivity index (χ0n) is 9.63. The van der Waals surface area contributed by atoms with E-state index in [4.69, 9.17) is 11.6 Å². The topological polar surface area (TPSA) is 29.9 Å². The van der Waals surface area contributed by atoms with Gasteiger partial charge in [-0.1, -0.05) is 18.5 Å². The Morgan fingerprint density at radius 2 is 2.25 bits per heavy atom. The molecule has 0 amide bonds. The molecule has 0 radical (unpaired) electrons. The second-order valence-electron chi connectivity index (χ2n) is 3.82. The Bertz CT molecular complexity index is 490. The summed E-state index contributed by atoms with van der Waals surface area (Å²) >= 11 is 5.97. The third-order valence-corrected chi connectivity index (χ3v) is 2.95. The van der Waals surface area contributed by atoms with Crippen LogP contribution in [0.2, 0.25) is 5.02 Å². The number of aromatic nitrogens is 2. The SMILES string of the molecule is CCNCCc1nc2ccc(Cl)cc2n1C. The molecule has 4 heteroatoms. The number of aryl methyl sites for hydroxylation is 1. The summed E-state index contributed by atoms with van der Waals surface area (Å²) in [4.78, 5) is 4.59. The van der Waals surface area contributed by atoms with Crippen LogP contribution in [0.5, 0.6) is 0 Å². The van der Waals surface area contributed by atoms with Gasteiger partial charge in [-0.15, -0.1) is 0 Å². The van der Waals surface area contributed by atoms with Crippen LogP contribution < -0.4 is 5.32 Å². The molecular weight excluding hydrogens is 222 g/mol. The molecule has 1 aromatic heterocycles. The molecule has 1 heterocycles. The lowest BCUT2D eigenvalue weighted by Crippen LogP contribution is -2.17. The lowest BCUT2D eigenvalue weighted by Gasteiger charge is -2.02. The van der Waals surface area contributed by atoms with Crippen molar-refractivity contribution in [1.29, 1.82) is 0 Å². The smallest absolute Gasteiger partial charge is 0.110 e. The van der Waals surface area contributed by atoms with Gasteiger partial charge in [0.2, 0.25) is 0 Å². The molecule has 0 bridgehead atoms. The fourth-order valence-electron chi connectivity index (χ4n) is 1.81. The second-order valence-corrected chi connectivity index (χ2v) is 4.26. The summed E-state index contributed by atoms with van der Waals surface area (Å²) in [5.41, 5.74) is 2.11. The van der Waals surface area contributed by atoms with Crippen LogP contribution >= 0.6 is 11.6 Å². The molecule has 0 saturated heterocycles. The summed E-state index contributed by atoms with van der Waals surface area (Å²) < 4.78 is 2.11. The predicted octanol–water partition coefficient (Wildman–Crippen LogP) is 2.38. The van der Waals surface area contributed by atoms with Gasteiger partial charge in [-0.2, -0.15) is 0 Å². The third kappa shape index (κ3) is 2.20. The summed E-state index contributed by atoms with van der Waals surface area (Å²) in [6, 6.07) is 5.81. The highest BCUT2D eigenvalue weighted by Crippen LogP contribution is 2.19. The van der Waals surface area contributed by atoms with Crippen LogP contribution in [-0.2, 0) is 13.5 Å². The fraction of sp³-hybridized carbons (Fsp3) is 0.417. The molecule has 3 nitrogen and oxygen atoms in total. The van der Waals surface area contributed by atoms with Crippen molar-refractivity contribution in [2.45, 2.75) is 13.3 Å². The van der Waals surface area contributed by atoms with E-state index in [1.807, 2.05) is 25.2 Å². The highest BCUT2D eigenvalue weighted by Gasteiger charge is 2.07. The maximum atomic E-state index is 5.97. The lowest BCUT2D eigenvalue weighted by molar-refractivity contribution is 0.680. The third-order valence-electron chi connectivity index (χ3n) is 2.71. The van der Waals surface area contributed by atoms with Gasteiger partial charge in [-0.05, 0) is 24.7 Å². The van der Waals surface area contributed by atoms with Crippen molar-refractivity contribution in [3.05, 3.63) is 29.0 Å². The van der Waals surface area contributed by atoms with Crippen molar-refractivity contribution < 1.29 is 0 Å². The first-order valence-corrected chi connectivity index (χ1v) is 5.91. The van der Waals surface area contributed by atoms with E-state index in [-0.39, 0.29) is 0 Å². The molecule has 0 aliphatic heterocycles. The molecule has 0 aliphatic carbocycles. The number of benzene rings is 1. The second kappa shape index (κ2) is 4.85. The lowest BCUT2D eigenvalue weighted by atomic mass is 10.3. The van der Waals surface area contributed by atoms with Crippen molar-refractivity contribution in [1.82, 2.24) is 14.9 Å². The van der Waals surface area contributed by atoms with E-state index >= 15 is 0 Å². The number of rotatable bonds is 4. The van der Waals surface area contributed by atoms with Gasteiger partial charge < -0.3 is 9.88 Å². The van der Waals surface area contributed by atoms with Crippen LogP contribution in [0, 0.1) is 0 Å². The van der Waals surface area contributed by atoms with Gasteiger partial charge in [0.05, 0.1) is 11.0 Å². The van der Waals surface area contributed by atoms with E-state index < -0.39 is 0 Å². The average Bonchev–Trinajstić information content (AvgIpc) is 2.57. The van der Waals surface area contributed by atoms with Gasteiger partial charge in [-0.3, -0.25) is 0 Å². The number of imidazole rings is 1. The molecule has 0 saturated carbocycles. The largest absolute Gasteiger partial charge is 0.331 e. The molecule has 1 aromatic carbocycles. The van der Waals surface area contributed by atoms with Crippen LogP contribution in [0.3, 0.4) is 0 Å². The summed E-state index contributed by atoms with van der Waals surface area (Å²) in [6.07, 6.45) is 0.941. The Morgan fingerprint density at radius 3 is 3.00 bits per heavy atom. The molecule has 16 heavy (non-hydrogen) atoms. The monoisotopic (exact) mass is 237 g/mol. The minimum atomic E-state index is 0.758. The first-order chi connectivity index (χ1) is 7.72. The summed E-state index contributed by atoms with van der Waals surface area (Å²) in [6.45, 7) is 4.06. The van der Waals surface area contributed by atoms with Crippen molar-refractivity contribution >= 4 is 22.6 Å². The average molecular weight is 238 g/mol. The molecule has 0 aliphatic rings. The van der Waals surface area contributed by atoms with Crippen molar-refractivity contribution in [3.8, 4) is 0 Å². The van der Waals surface area contributed by atoms with Gasteiger partial charge in [0, 0.05) is 25.0 Å². The van der Waals surface area contributed by atoms with E-state index in [9.17, 15) is 0 Å². The maximum Gasteiger partial charge on any atom is 0.110 e. The quantitative estimate of drug-likeness (QED) is 0.828. The number of hydrogen-bond donors (Lipinski definition) is 1. The molecular formula is C12H16ClN3. The molecule has 1 N–H and O–H groups in total. The molecule has 0 spiro atoms. The number of fused-ring (bicyclic) bond motifs is 1. The van der Waals surface area contributed by atoms with E-state index in [0.717, 1.165) is 41.4 Å². The van der Waals surface area contributed by atoms with Gasteiger partial charge >= 0.3 is 0 Å². The Morgan fingerprint density at radius 1 is 1.44 bits per heavy atom. The molecule has 2 aromatic rings. The first-order valence-electron chi connectivity index (χ1n) is 5.54. The predicted molar refractivity (Wildman–Crippen MR) is 68.0 cm³/mol. The standard InChI is InChI=1S/C12H16ClN3/c1-3-14-7-6-12-15-10-5-4-9(13)8-11(10)16(12)2/h4-5,8,14H,3,6-7H2,1-2H3. The van der Waals surface area contributed by atoms with Gasteiger partial charge in [0.25, 0.3) is 0 Å². The number of nitrogens with one attached hydrogen (secondary N) is 1. The van der Waals surface area contributed by atoms with Gasteiger partial charge in [0.1, 0.15) is 5.82 Å². The number of halogens is 1. The Labute approximate surface area is 100 Å². The maximum absolute atomic E-state index is 5.97. The Kier molecular flexibility index (Phi) is 3.46. The summed E-state index contributed by atoms with van der Waals surface area (Å²) in [7, 11) is 2.03. The van der Waals surface area contributed by atoms with Crippen LogP contribution in [0.1, 0.15) is 12.7 Å². The van der Waals surface area contributed by atoms with Crippen LogP contribution in [0.25, 0.3) is 11.0 Å². The first kappa shape index (κ1) is 11.4. The Hall–Kier alpha value is -1.06. The van der Waals surface area contributed by atoms with E-state index in [1.54, 1.807) is 0 Å². The van der Waals surface area contributed by atoms with Gasteiger partial charge in [0.15, 0.2) is 0 Å². The number of likely N-dealkylation sites (N-methyl/N-ethyl adjacent to an activating group) is 1. The minimum Gasteiger partial charge on any atom is -0.331 e. The number of hydrogen-bond acceptors (Lipinski definition) is 2. The van der Waals surface area contributed by atoms with Crippen molar-refractivity contribution in [2.75, 3.05) is 13.1 Å². The molecule has 0 fully saturated rings. The van der Waals surface area contributed by atoms with E-state index in [1.165, 1.54) is 0 Å². The summed E-state index contributed by atoms with van der Waals surface area (Å²) in [5.74, 6) is 1.10. The van der Waals surface area contributed by atoms with E-state index in [2.05, 4.69) is 21.8 Å². The van der Waals surface area contributed by atoms with Crippen molar-refractivity contribution in [3.63, 3.8) is 0 Å². The zero-order chi connectivity index (χ0) is 11.5. The van der Waals surface area contributed by atoms with Crippen LogP contribution in [0.15, 0.2) is 18.2 Å². The highest BCUT2D eigenvalue weighted by molar-refractivity contribution is 6.31. The van der Waals surface area contributed by atoms with Crippen LogP contribution in [-0.4, -0.2) is 22.6 Å². The van der Waals surface area contributed by atoms with E-state index in [0.29, 0.717) is 0 Å². The summed E-state index contributed by atoms with van der Waals surface area (Å²) in [5, 5.41) is 4.06. The van der Waals surface area contributed by atoms with Crippen LogP contribution in [0.4, 0.5) is 0 Å². The van der Waals surface area contributed by atoms with Gasteiger partial charge in [-0.25, -0.2) is 4.98 Å². The van der Waals surface area contributed by atoms with Crippen molar-refractivity contribution in [2.24, 2.45) is 7.05 Å². The number of nitrogens with zero attached hydrogens (tertiary/aromatic N) is 2. The fourth-order valence-corrected chi connectivity index (χ4v) is 1.98. The molecule has 86 valence electrons. The molecule has 2 rings (SSSR count). The minimum absolute atomic E-state index is 0.758. The molecule has 0 atom stereocenters. The Balaban J connectivity index is 2.29. The zero-order valence-corrected chi connectivity index (χ0v) is 10.4. The highest BCUT2D eigenvalue weighted by atomic mass is 35.5. The normalized spacial score (nSPS) is 11.2.